The van der Waals surface area contributed by atoms with E-state index in [9.17, 15) is 19.7 Å². The first-order valence-electron chi connectivity index (χ1n) is 11.9. The normalized spacial score (nSPS) is 19.1. The van der Waals surface area contributed by atoms with Gasteiger partial charge in [0.2, 0.25) is 0 Å². The van der Waals surface area contributed by atoms with Crippen LogP contribution >= 0.6 is 0 Å². The number of rotatable bonds is 8. The SMILES string of the molecule is CCOC(=O)C1=C(CN2CCC(Cc3ccccc3)CC2)NC(=O)NC1c1ccc([N+](=O)[O-])cc1. The number of carbonyl (C=O) groups excluding carboxylic acids is 2. The Bertz CT molecular complexity index is 1090. The molecule has 4 rings (SSSR count). The number of esters is 1. The number of likely N-dealkylation sites (tertiary alicyclic amines) is 1. The lowest BCUT2D eigenvalue weighted by Gasteiger charge is -2.35. The number of piperidine rings is 1. The van der Waals surface area contributed by atoms with E-state index in [0.717, 1.165) is 32.4 Å². The van der Waals surface area contributed by atoms with Gasteiger partial charge in [-0.1, -0.05) is 30.3 Å². The van der Waals surface area contributed by atoms with Crippen LogP contribution in [-0.4, -0.2) is 48.1 Å². The summed E-state index contributed by atoms with van der Waals surface area (Å²) >= 11 is 0. The first kappa shape index (κ1) is 24.4. The monoisotopic (exact) mass is 478 g/mol. The Labute approximate surface area is 204 Å². The third kappa shape index (κ3) is 6.05. The first-order valence-corrected chi connectivity index (χ1v) is 11.9. The standard InChI is InChI=1S/C26H30N4O5/c1-2-35-25(31)23-22(17-29-14-12-19(13-15-29)16-18-6-4-3-5-7-18)27-26(32)28-24(23)20-8-10-21(11-9-20)30(33)34/h3-11,19,24H,2,12-17H2,1H3,(H2,27,28,32). The van der Waals surface area contributed by atoms with E-state index in [1.165, 1.54) is 17.7 Å². The zero-order valence-corrected chi connectivity index (χ0v) is 19.7. The average Bonchev–Trinajstić information content (AvgIpc) is 2.85. The summed E-state index contributed by atoms with van der Waals surface area (Å²) in [6.07, 6.45) is 3.12. The second-order valence-electron chi connectivity index (χ2n) is 8.90. The molecule has 9 heteroatoms. The van der Waals surface area contributed by atoms with Crippen LogP contribution in [-0.2, 0) is 16.0 Å². The lowest BCUT2D eigenvalue weighted by atomic mass is 9.89. The molecule has 2 aliphatic heterocycles. The minimum absolute atomic E-state index is 0.0609. The highest BCUT2D eigenvalue weighted by Gasteiger charge is 2.35. The number of nitrogens with zero attached hydrogens (tertiary/aromatic N) is 2. The predicted molar refractivity (Wildman–Crippen MR) is 130 cm³/mol. The number of nitro benzene ring substituents is 1. The summed E-state index contributed by atoms with van der Waals surface area (Å²) in [5, 5.41) is 16.6. The van der Waals surface area contributed by atoms with E-state index >= 15 is 0 Å². The van der Waals surface area contributed by atoms with Gasteiger partial charge in [0.25, 0.3) is 5.69 Å². The molecule has 0 radical (unpaired) electrons. The summed E-state index contributed by atoms with van der Waals surface area (Å²) in [5.41, 5.74) is 2.69. The van der Waals surface area contributed by atoms with Crippen molar-refractivity contribution >= 4 is 17.7 Å². The molecule has 2 amide bonds. The average molecular weight is 479 g/mol. The Morgan fingerprint density at radius 1 is 1.11 bits per heavy atom. The van der Waals surface area contributed by atoms with Crippen LogP contribution in [0.3, 0.4) is 0 Å². The van der Waals surface area contributed by atoms with E-state index in [-0.39, 0.29) is 12.3 Å². The number of carbonyl (C=O) groups is 2. The highest BCUT2D eigenvalue weighted by Crippen LogP contribution is 2.30. The Balaban J connectivity index is 1.52. The van der Waals surface area contributed by atoms with Gasteiger partial charge in [-0.05, 0) is 68.5 Å². The van der Waals surface area contributed by atoms with Crippen LogP contribution in [0.4, 0.5) is 10.5 Å². The molecule has 0 saturated carbocycles. The first-order chi connectivity index (χ1) is 16.9. The summed E-state index contributed by atoms with van der Waals surface area (Å²) in [4.78, 5) is 38.3. The number of non-ortho nitro benzene ring substituents is 1. The van der Waals surface area contributed by atoms with Crippen molar-refractivity contribution in [2.24, 2.45) is 5.92 Å². The van der Waals surface area contributed by atoms with Crippen LogP contribution in [0.2, 0.25) is 0 Å². The van der Waals surface area contributed by atoms with Crippen molar-refractivity contribution < 1.29 is 19.2 Å². The molecule has 0 aromatic heterocycles. The van der Waals surface area contributed by atoms with Crippen LogP contribution in [0.5, 0.6) is 0 Å². The van der Waals surface area contributed by atoms with Gasteiger partial charge in [0, 0.05) is 24.4 Å². The van der Waals surface area contributed by atoms with E-state index < -0.39 is 23.0 Å². The lowest BCUT2D eigenvalue weighted by Crippen LogP contribution is -2.49. The summed E-state index contributed by atoms with van der Waals surface area (Å²) in [5.74, 6) is 0.0833. The lowest BCUT2D eigenvalue weighted by molar-refractivity contribution is -0.384. The van der Waals surface area contributed by atoms with Crippen LogP contribution in [0.15, 0.2) is 65.9 Å². The second-order valence-corrected chi connectivity index (χ2v) is 8.90. The van der Waals surface area contributed by atoms with E-state index in [0.29, 0.717) is 29.3 Å². The molecule has 0 aliphatic carbocycles. The van der Waals surface area contributed by atoms with Gasteiger partial charge in [0.1, 0.15) is 0 Å². The van der Waals surface area contributed by atoms with Crippen molar-refractivity contribution in [3.63, 3.8) is 0 Å². The Kier molecular flexibility index (Phi) is 7.77. The van der Waals surface area contributed by atoms with E-state index in [4.69, 9.17) is 4.74 Å². The van der Waals surface area contributed by atoms with Crippen molar-refractivity contribution in [2.75, 3.05) is 26.2 Å². The zero-order chi connectivity index (χ0) is 24.8. The number of hydrogen-bond donors (Lipinski definition) is 2. The Morgan fingerprint density at radius 2 is 1.80 bits per heavy atom. The van der Waals surface area contributed by atoms with Crippen LogP contribution < -0.4 is 10.6 Å². The van der Waals surface area contributed by atoms with Gasteiger partial charge in [-0.3, -0.25) is 15.0 Å². The van der Waals surface area contributed by atoms with Gasteiger partial charge in [-0.2, -0.15) is 0 Å². The fourth-order valence-corrected chi connectivity index (χ4v) is 4.75. The maximum absolute atomic E-state index is 13.0. The van der Waals surface area contributed by atoms with Gasteiger partial charge in [-0.25, -0.2) is 9.59 Å². The Hall–Kier alpha value is -3.72. The van der Waals surface area contributed by atoms with Crippen LogP contribution in [0.25, 0.3) is 0 Å². The molecule has 35 heavy (non-hydrogen) atoms. The predicted octanol–water partition coefficient (Wildman–Crippen LogP) is 3.72. The summed E-state index contributed by atoms with van der Waals surface area (Å²) in [7, 11) is 0. The molecule has 2 aliphatic rings. The molecule has 2 N–H and O–H groups in total. The van der Waals surface area contributed by atoms with Gasteiger partial charge in [-0.15, -0.1) is 0 Å². The molecule has 0 bridgehead atoms. The van der Waals surface area contributed by atoms with Crippen LogP contribution in [0, 0.1) is 16.0 Å². The number of nitro groups is 1. The highest BCUT2D eigenvalue weighted by atomic mass is 16.6. The van der Waals surface area contributed by atoms with E-state index in [2.05, 4.69) is 39.8 Å². The second kappa shape index (κ2) is 11.1. The maximum Gasteiger partial charge on any atom is 0.338 e. The topological polar surface area (TPSA) is 114 Å². The molecule has 1 unspecified atom stereocenters. The van der Waals surface area contributed by atoms with Gasteiger partial charge in [0.05, 0.1) is 23.1 Å². The number of hydrogen-bond acceptors (Lipinski definition) is 6. The quantitative estimate of drug-likeness (QED) is 0.340. The third-order valence-corrected chi connectivity index (χ3v) is 6.54. The molecular formula is C26H30N4O5. The molecule has 2 heterocycles. The fourth-order valence-electron chi connectivity index (χ4n) is 4.75. The van der Waals surface area contributed by atoms with Gasteiger partial charge >= 0.3 is 12.0 Å². The zero-order valence-electron chi connectivity index (χ0n) is 19.7. The van der Waals surface area contributed by atoms with Crippen LogP contribution in [0.1, 0.15) is 36.9 Å². The van der Waals surface area contributed by atoms with E-state index in [1.54, 1.807) is 19.1 Å². The van der Waals surface area contributed by atoms with Crippen molar-refractivity contribution in [3.8, 4) is 0 Å². The molecule has 0 spiro atoms. The fraction of sp³-hybridized carbons (Fsp3) is 0.385. The summed E-state index contributed by atoms with van der Waals surface area (Å²) in [6.45, 7) is 4.07. The molecule has 9 nitrogen and oxygen atoms in total. The number of nitrogens with one attached hydrogen (secondary N) is 2. The maximum atomic E-state index is 13.0. The molecule has 1 saturated heterocycles. The molecule has 2 aromatic carbocycles. The number of urea groups is 1. The van der Waals surface area contributed by atoms with E-state index in [1.807, 2.05) is 6.07 Å². The van der Waals surface area contributed by atoms with Crippen molar-refractivity contribution in [1.82, 2.24) is 15.5 Å². The Morgan fingerprint density at radius 3 is 2.43 bits per heavy atom. The molecule has 184 valence electrons. The largest absolute Gasteiger partial charge is 0.463 e. The number of ether oxygens (including phenoxy) is 1. The smallest absolute Gasteiger partial charge is 0.338 e. The number of benzene rings is 2. The molecule has 2 aromatic rings. The molecule has 1 atom stereocenters. The minimum atomic E-state index is -0.755. The third-order valence-electron chi connectivity index (χ3n) is 6.54. The van der Waals surface area contributed by atoms with Gasteiger partial charge < -0.3 is 15.4 Å². The summed E-state index contributed by atoms with van der Waals surface area (Å²) in [6, 6.07) is 15.1. The number of amides is 2. The highest BCUT2D eigenvalue weighted by molar-refractivity contribution is 5.95. The van der Waals surface area contributed by atoms with Crippen molar-refractivity contribution in [3.05, 3.63) is 87.1 Å². The summed E-state index contributed by atoms with van der Waals surface area (Å²) < 4.78 is 5.32. The van der Waals surface area contributed by atoms with Crippen molar-refractivity contribution in [2.45, 2.75) is 32.2 Å². The van der Waals surface area contributed by atoms with Gasteiger partial charge in [0.15, 0.2) is 0 Å². The van der Waals surface area contributed by atoms with Crippen molar-refractivity contribution in [1.29, 1.82) is 0 Å². The molecular weight excluding hydrogens is 448 g/mol. The minimum Gasteiger partial charge on any atom is -0.463 e. The molecule has 1 fully saturated rings.